The van der Waals surface area contributed by atoms with Gasteiger partial charge in [0.05, 0.1) is 5.56 Å². The molecule has 0 saturated heterocycles. The van der Waals surface area contributed by atoms with Crippen molar-refractivity contribution >= 4 is 11.9 Å². The van der Waals surface area contributed by atoms with Gasteiger partial charge in [-0.3, -0.25) is 4.79 Å². The number of unbranched alkanes of at least 4 members (excludes halogenated alkanes) is 1. The Morgan fingerprint density at radius 1 is 1.25 bits per heavy atom. The first kappa shape index (κ1) is 19.7. The summed E-state index contributed by atoms with van der Waals surface area (Å²) >= 11 is 0. The van der Waals surface area contributed by atoms with Gasteiger partial charge in [0.2, 0.25) is 0 Å². The van der Waals surface area contributed by atoms with Gasteiger partial charge >= 0.3 is 12.1 Å². The lowest BCUT2D eigenvalue weighted by Crippen LogP contribution is -2.43. The summed E-state index contributed by atoms with van der Waals surface area (Å²) in [7, 11) is 0. The fourth-order valence-electron chi connectivity index (χ4n) is 1.98. The van der Waals surface area contributed by atoms with Crippen LogP contribution in [0.25, 0.3) is 0 Å². The number of alkyl halides is 3. The maximum Gasteiger partial charge on any atom is 0.416 e. The van der Waals surface area contributed by atoms with E-state index in [1.807, 2.05) is 0 Å². The normalized spacial score (nSPS) is 13.8. The van der Waals surface area contributed by atoms with E-state index >= 15 is 0 Å². The van der Waals surface area contributed by atoms with Crippen LogP contribution in [0, 0.1) is 0 Å². The van der Waals surface area contributed by atoms with E-state index in [2.05, 4.69) is 11.9 Å². The lowest BCUT2D eigenvalue weighted by atomic mass is 10.0. The van der Waals surface area contributed by atoms with Crippen LogP contribution in [0.1, 0.15) is 36.5 Å². The van der Waals surface area contributed by atoms with Crippen molar-refractivity contribution in [3.05, 3.63) is 48.0 Å². The molecule has 132 valence electrons. The first-order valence-corrected chi connectivity index (χ1v) is 7.16. The van der Waals surface area contributed by atoms with Crippen LogP contribution < -0.4 is 5.32 Å². The molecule has 8 heteroatoms. The lowest BCUT2D eigenvalue weighted by Gasteiger charge is -2.17. The molecule has 5 nitrogen and oxygen atoms in total. The zero-order chi connectivity index (χ0) is 18.3. The quantitative estimate of drug-likeness (QED) is 0.499. The van der Waals surface area contributed by atoms with Gasteiger partial charge in [0.1, 0.15) is 6.04 Å². The smallest absolute Gasteiger partial charge is 0.416 e. The second-order valence-electron chi connectivity index (χ2n) is 5.14. The summed E-state index contributed by atoms with van der Waals surface area (Å²) in [4.78, 5) is 23.0. The molecule has 3 N–H and O–H groups in total. The van der Waals surface area contributed by atoms with Gasteiger partial charge in [-0.2, -0.15) is 13.2 Å². The Hall–Kier alpha value is -2.35. The van der Waals surface area contributed by atoms with Gasteiger partial charge in [0.25, 0.3) is 5.91 Å². The fourth-order valence-corrected chi connectivity index (χ4v) is 1.98. The molecule has 24 heavy (non-hydrogen) atoms. The lowest BCUT2D eigenvalue weighted by molar-refractivity contribution is -0.143. The SMILES string of the molecule is C=CCCC[C@H](NC(=O)[C@H](O)c1ccc(C(F)(F)F)cc1)C(=O)O. The fraction of sp³-hybridized carbons (Fsp3) is 0.375. The molecule has 0 aliphatic rings. The number of aliphatic carboxylic acids is 1. The molecule has 0 fully saturated rings. The van der Waals surface area contributed by atoms with Crippen molar-refractivity contribution in [2.75, 3.05) is 0 Å². The number of halogens is 3. The predicted molar refractivity (Wildman–Crippen MR) is 80.0 cm³/mol. The molecule has 1 amide bonds. The number of rotatable bonds is 8. The van der Waals surface area contributed by atoms with Gasteiger partial charge in [-0.1, -0.05) is 18.2 Å². The van der Waals surface area contributed by atoms with Gasteiger partial charge in [0, 0.05) is 0 Å². The molecule has 0 aliphatic carbocycles. The Labute approximate surface area is 136 Å². The van der Waals surface area contributed by atoms with E-state index in [4.69, 9.17) is 5.11 Å². The van der Waals surface area contributed by atoms with E-state index in [-0.39, 0.29) is 12.0 Å². The summed E-state index contributed by atoms with van der Waals surface area (Å²) in [5.74, 6) is -2.24. The summed E-state index contributed by atoms with van der Waals surface area (Å²) in [6.45, 7) is 3.50. The van der Waals surface area contributed by atoms with E-state index in [1.165, 1.54) is 0 Å². The molecule has 0 bridgehead atoms. The van der Waals surface area contributed by atoms with Crippen molar-refractivity contribution < 1.29 is 33.0 Å². The highest BCUT2D eigenvalue weighted by Gasteiger charge is 2.31. The van der Waals surface area contributed by atoms with Gasteiger partial charge in [0.15, 0.2) is 6.10 Å². The van der Waals surface area contributed by atoms with Crippen molar-refractivity contribution in [2.24, 2.45) is 0 Å². The van der Waals surface area contributed by atoms with Gasteiger partial charge in [-0.25, -0.2) is 4.79 Å². The van der Waals surface area contributed by atoms with E-state index in [0.717, 1.165) is 24.3 Å². The molecule has 2 atom stereocenters. The summed E-state index contributed by atoms with van der Waals surface area (Å²) in [5, 5.41) is 21.1. The van der Waals surface area contributed by atoms with Crippen molar-refractivity contribution in [3.63, 3.8) is 0 Å². The molecule has 1 aromatic rings. The van der Waals surface area contributed by atoms with E-state index in [1.54, 1.807) is 6.08 Å². The maximum atomic E-state index is 12.5. The summed E-state index contributed by atoms with van der Waals surface area (Å²) < 4.78 is 37.4. The molecule has 0 aromatic heterocycles. The average molecular weight is 345 g/mol. The minimum Gasteiger partial charge on any atom is -0.480 e. The number of benzene rings is 1. The Kier molecular flexibility index (Phi) is 6.97. The van der Waals surface area contributed by atoms with Crippen molar-refractivity contribution in [1.29, 1.82) is 0 Å². The Morgan fingerprint density at radius 3 is 2.29 bits per heavy atom. The number of carbonyl (C=O) groups is 2. The monoisotopic (exact) mass is 345 g/mol. The number of carbonyl (C=O) groups excluding carboxylic acids is 1. The number of aliphatic hydroxyl groups excluding tert-OH is 1. The molecule has 0 saturated carbocycles. The van der Waals surface area contributed by atoms with Crippen LogP contribution in [0.15, 0.2) is 36.9 Å². The number of allylic oxidation sites excluding steroid dienone is 1. The van der Waals surface area contributed by atoms with Gasteiger partial charge in [-0.05, 0) is 37.0 Å². The molecule has 0 heterocycles. The maximum absolute atomic E-state index is 12.5. The van der Waals surface area contributed by atoms with Crippen LogP contribution in [0.2, 0.25) is 0 Å². The second-order valence-corrected chi connectivity index (χ2v) is 5.14. The standard InChI is InChI=1S/C16H18F3NO4/c1-2-3-4-5-12(15(23)24)20-14(22)13(21)10-6-8-11(9-7-10)16(17,18)19/h2,6-9,12-13,21H,1,3-5H2,(H,20,22)(H,23,24)/t12-,13+/m0/s1. The molecular weight excluding hydrogens is 327 g/mol. The Bertz CT molecular complexity index is 584. The summed E-state index contributed by atoms with van der Waals surface area (Å²) in [6.07, 6.45) is -3.47. The second kappa shape index (κ2) is 8.49. The largest absolute Gasteiger partial charge is 0.480 e. The Balaban J connectivity index is 2.75. The molecular formula is C16H18F3NO4. The molecule has 0 radical (unpaired) electrons. The number of nitrogens with one attached hydrogen (secondary N) is 1. The number of carboxylic acid groups (broad SMARTS) is 1. The number of carboxylic acids is 1. The highest BCUT2D eigenvalue weighted by molar-refractivity contribution is 5.86. The van der Waals surface area contributed by atoms with Gasteiger partial charge in [-0.15, -0.1) is 6.58 Å². The number of aliphatic hydroxyl groups is 1. The number of hydrogen-bond donors (Lipinski definition) is 3. The minimum atomic E-state index is -4.52. The Morgan fingerprint density at radius 2 is 1.83 bits per heavy atom. The molecule has 1 rings (SSSR count). The highest BCUT2D eigenvalue weighted by Crippen LogP contribution is 2.29. The topological polar surface area (TPSA) is 86.6 Å². The van der Waals surface area contributed by atoms with Crippen LogP contribution in [-0.4, -0.2) is 28.1 Å². The molecule has 0 aliphatic heterocycles. The molecule has 0 spiro atoms. The zero-order valence-corrected chi connectivity index (χ0v) is 12.7. The number of hydrogen-bond acceptors (Lipinski definition) is 3. The first-order chi connectivity index (χ1) is 11.2. The van der Waals surface area contributed by atoms with E-state index in [0.29, 0.717) is 12.8 Å². The van der Waals surface area contributed by atoms with Crippen LogP contribution in [0.5, 0.6) is 0 Å². The van der Waals surface area contributed by atoms with Crippen LogP contribution >= 0.6 is 0 Å². The summed E-state index contributed by atoms with van der Waals surface area (Å²) in [5.41, 5.74) is -0.970. The third kappa shape index (κ3) is 5.69. The zero-order valence-electron chi connectivity index (χ0n) is 12.7. The van der Waals surface area contributed by atoms with Gasteiger partial charge < -0.3 is 15.5 Å². The van der Waals surface area contributed by atoms with E-state index in [9.17, 15) is 27.9 Å². The summed E-state index contributed by atoms with van der Waals surface area (Å²) in [6, 6.07) is 2.23. The molecule has 0 unspecified atom stereocenters. The third-order valence-corrected chi connectivity index (χ3v) is 3.32. The average Bonchev–Trinajstić information content (AvgIpc) is 2.52. The van der Waals surface area contributed by atoms with Crippen molar-refractivity contribution in [1.82, 2.24) is 5.32 Å². The van der Waals surface area contributed by atoms with E-state index < -0.39 is 35.8 Å². The third-order valence-electron chi connectivity index (χ3n) is 3.32. The molecule has 1 aromatic carbocycles. The van der Waals surface area contributed by atoms with Crippen LogP contribution in [-0.2, 0) is 15.8 Å². The van der Waals surface area contributed by atoms with Crippen LogP contribution in [0.4, 0.5) is 13.2 Å². The van der Waals surface area contributed by atoms with Crippen molar-refractivity contribution in [3.8, 4) is 0 Å². The highest BCUT2D eigenvalue weighted by atomic mass is 19.4. The van der Waals surface area contributed by atoms with Crippen molar-refractivity contribution in [2.45, 2.75) is 37.6 Å². The van der Waals surface area contributed by atoms with Crippen LogP contribution in [0.3, 0.4) is 0 Å². The minimum absolute atomic E-state index is 0.0595. The first-order valence-electron chi connectivity index (χ1n) is 7.16. The number of amides is 1. The predicted octanol–water partition coefficient (Wildman–Crippen LogP) is 2.66.